The lowest BCUT2D eigenvalue weighted by Gasteiger charge is -2.22. The molecule has 172 valence electrons. The largest absolute Gasteiger partial charge is 0.480 e. The molecule has 0 unspecified atom stereocenters. The van der Waals surface area contributed by atoms with Crippen LogP contribution in [0.2, 0.25) is 0 Å². The minimum Gasteiger partial charge on any atom is -0.480 e. The van der Waals surface area contributed by atoms with Crippen molar-refractivity contribution in [3.63, 3.8) is 0 Å². The molecular formula is C27H24N2O5. The standard InChI is InChI=1S/C27H24N2O5/c30-24(29-27(14-15-27)25(31)32)23(17-8-2-1-3-9-17)28-26(33)34-16-22-20-12-6-4-10-18(20)19-11-5-7-13-21(19)22/h1-13,22-23H,14-16H2,(H,28,33)(H,29,30)(H,31,32)/t23-/m0/s1. The van der Waals surface area contributed by atoms with Crippen LogP contribution in [0, 0.1) is 0 Å². The van der Waals surface area contributed by atoms with E-state index in [2.05, 4.69) is 22.8 Å². The van der Waals surface area contributed by atoms with Gasteiger partial charge in [-0.15, -0.1) is 0 Å². The van der Waals surface area contributed by atoms with Crippen molar-refractivity contribution in [2.75, 3.05) is 6.61 Å². The number of alkyl carbamates (subject to hydrolysis) is 1. The molecule has 2 amide bonds. The van der Waals surface area contributed by atoms with Crippen LogP contribution in [-0.4, -0.2) is 35.2 Å². The number of fused-ring (bicyclic) bond motifs is 3. The zero-order valence-corrected chi connectivity index (χ0v) is 18.4. The number of benzene rings is 3. The van der Waals surface area contributed by atoms with E-state index >= 15 is 0 Å². The van der Waals surface area contributed by atoms with Crippen molar-refractivity contribution >= 4 is 18.0 Å². The van der Waals surface area contributed by atoms with E-state index in [-0.39, 0.29) is 12.5 Å². The topological polar surface area (TPSA) is 105 Å². The summed E-state index contributed by atoms with van der Waals surface area (Å²) < 4.78 is 5.59. The SMILES string of the molecule is O=C(N[C@H](C(=O)NC1(C(=O)O)CC1)c1ccccc1)OCC1c2ccccc2-c2ccccc21. The van der Waals surface area contributed by atoms with Crippen LogP contribution < -0.4 is 10.6 Å². The smallest absolute Gasteiger partial charge is 0.408 e. The zero-order valence-electron chi connectivity index (χ0n) is 18.4. The van der Waals surface area contributed by atoms with E-state index in [4.69, 9.17) is 4.74 Å². The van der Waals surface area contributed by atoms with Crippen LogP contribution in [0.25, 0.3) is 11.1 Å². The maximum Gasteiger partial charge on any atom is 0.408 e. The van der Waals surface area contributed by atoms with Crippen molar-refractivity contribution in [1.82, 2.24) is 10.6 Å². The normalized spacial score (nSPS) is 16.0. The first-order chi connectivity index (χ1) is 16.5. The molecule has 3 aromatic carbocycles. The molecule has 0 aliphatic heterocycles. The number of carboxylic acid groups (broad SMARTS) is 1. The Hall–Kier alpha value is -4.13. The Morgan fingerprint density at radius 1 is 0.882 bits per heavy atom. The second-order valence-electron chi connectivity index (χ2n) is 8.69. The predicted octanol–water partition coefficient (Wildman–Crippen LogP) is 4.00. The zero-order chi connectivity index (χ0) is 23.7. The molecular weight excluding hydrogens is 432 g/mol. The number of carbonyl (C=O) groups excluding carboxylic acids is 2. The molecule has 3 N–H and O–H groups in total. The van der Waals surface area contributed by atoms with Crippen LogP contribution in [0.1, 0.15) is 41.5 Å². The van der Waals surface area contributed by atoms with Gasteiger partial charge in [0.05, 0.1) is 0 Å². The van der Waals surface area contributed by atoms with Gasteiger partial charge < -0.3 is 20.5 Å². The Morgan fingerprint density at radius 3 is 2.00 bits per heavy atom. The summed E-state index contributed by atoms with van der Waals surface area (Å²) in [5, 5.41) is 14.6. The molecule has 7 heteroatoms. The molecule has 5 rings (SSSR count). The van der Waals surface area contributed by atoms with Gasteiger partial charge in [0.2, 0.25) is 5.91 Å². The lowest BCUT2D eigenvalue weighted by Crippen LogP contribution is -2.49. The second-order valence-corrected chi connectivity index (χ2v) is 8.69. The third-order valence-corrected chi connectivity index (χ3v) is 6.52. The van der Waals surface area contributed by atoms with Crippen molar-refractivity contribution in [2.24, 2.45) is 0 Å². The monoisotopic (exact) mass is 456 g/mol. The highest BCUT2D eigenvalue weighted by atomic mass is 16.5. The number of rotatable bonds is 7. The van der Waals surface area contributed by atoms with Gasteiger partial charge >= 0.3 is 12.1 Å². The van der Waals surface area contributed by atoms with Crippen molar-refractivity contribution < 1.29 is 24.2 Å². The summed E-state index contributed by atoms with van der Waals surface area (Å²) in [6.45, 7) is 0.113. The number of carbonyl (C=O) groups is 3. The van der Waals surface area contributed by atoms with Gasteiger partial charge in [0.1, 0.15) is 18.2 Å². The third kappa shape index (κ3) is 4.01. The van der Waals surface area contributed by atoms with Gasteiger partial charge in [0, 0.05) is 5.92 Å². The number of hydrogen-bond donors (Lipinski definition) is 3. The van der Waals surface area contributed by atoms with E-state index in [9.17, 15) is 19.5 Å². The molecule has 0 saturated heterocycles. The Kier molecular flexibility index (Phi) is 5.53. The third-order valence-electron chi connectivity index (χ3n) is 6.52. The summed E-state index contributed by atoms with van der Waals surface area (Å²) in [6, 6.07) is 23.7. The molecule has 1 atom stereocenters. The number of nitrogens with one attached hydrogen (secondary N) is 2. The molecule has 0 spiro atoms. The molecule has 0 aromatic heterocycles. The fourth-order valence-corrected chi connectivity index (χ4v) is 4.53. The number of carboxylic acids is 1. The van der Waals surface area contributed by atoms with E-state index < -0.39 is 29.6 Å². The summed E-state index contributed by atoms with van der Waals surface area (Å²) in [6.07, 6.45) is -0.0211. The first-order valence-corrected chi connectivity index (χ1v) is 11.2. The van der Waals surface area contributed by atoms with Crippen LogP contribution in [0.15, 0.2) is 78.9 Å². The first kappa shape index (κ1) is 21.7. The molecule has 34 heavy (non-hydrogen) atoms. The van der Waals surface area contributed by atoms with Gasteiger partial charge in [-0.05, 0) is 40.7 Å². The van der Waals surface area contributed by atoms with E-state index in [0.29, 0.717) is 18.4 Å². The van der Waals surface area contributed by atoms with Crippen LogP contribution in [0.4, 0.5) is 4.79 Å². The molecule has 7 nitrogen and oxygen atoms in total. The number of aliphatic carboxylic acids is 1. The predicted molar refractivity (Wildman–Crippen MR) is 125 cm³/mol. The first-order valence-electron chi connectivity index (χ1n) is 11.2. The molecule has 0 bridgehead atoms. The molecule has 2 aliphatic rings. The molecule has 1 saturated carbocycles. The molecule has 1 fully saturated rings. The minimum atomic E-state index is -1.26. The lowest BCUT2D eigenvalue weighted by atomic mass is 9.98. The summed E-state index contributed by atoms with van der Waals surface area (Å²) in [5.74, 6) is -1.77. The fraction of sp³-hybridized carbons (Fsp3) is 0.222. The highest BCUT2D eigenvalue weighted by molar-refractivity contribution is 5.93. The Labute approximate surface area is 196 Å². The van der Waals surface area contributed by atoms with Gasteiger partial charge in [0.25, 0.3) is 0 Å². The van der Waals surface area contributed by atoms with Crippen LogP contribution in [-0.2, 0) is 14.3 Å². The average Bonchev–Trinajstić information content (AvgIpc) is 3.57. The summed E-state index contributed by atoms with van der Waals surface area (Å²) in [5.41, 5.74) is 3.70. The van der Waals surface area contributed by atoms with Gasteiger partial charge in [-0.2, -0.15) is 0 Å². The highest BCUT2D eigenvalue weighted by Gasteiger charge is 2.52. The number of ether oxygens (including phenoxy) is 1. The quantitative estimate of drug-likeness (QED) is 0.499. The van der Waals surface area contributed by atoms with Gasteiger partial charge in [0.15, 0.2) is 0 Å². The van der Waals surface area contributed by atoms with E-state index in [1.165, 1.54) is 0 Å². The maximum atomic E-state index is 13.0. The van der Waals surface area contributed by atoms with Gasteiger partial charge in [-0.25, -0.2) is 9.59 Å². The molecule has 3 aromatic rings. The second kappa shape index (κ2) is 8.67. The molecule has 2 aliphatic carbocycles. The maximum absolute atomic E-state index is 13.0. The van der Waals surface area contributed by atoms with E-state index in [1.807, 2.05) is 36.4 Å². The Morgan fingerprint density at radius 2 is 1.44 bits per heavy atom. The Bertz CT molecular complexity index is 1210. The molecule has 0 radical (unpaired) electrons. The van der Waals surface area contributed by atoms with Gasteiger partial charge in [-0.1, -0.05) is 78.9 Å². The summed E-state index contributed by atoms with van der Waals surface area (Å²) in [4.78, 5) is 37.3. The number of amides is 2. The van der Waals surface area contributed by atoms with Crippen molar-refractivity contribution in [3.8, 4) is 11.1 Å². The van der Waals surface area contributed by atoms with Crippen LogP contribution in [0.3, 0.4) is 0 Å². The van der Waals surface area contributed by atoms with E-state index in [0.717, 1.165) is 22.3 Å². The highest BCUT2D eigenvalue weighted by Crippen LogP contribution is 2.44. The van der Waals surface area contributed by atoms with Gasteiger partial charge in [-0.3, -0.25) is 4.79 Å². The van der Waals surface area contributed by atoms with Crippen molar-refractivity contribution in [2.45, 2.75) is 30.3 Å². The molecule has 0 heterocycles. The van der Waals surface area contributed by atoms with E-state index in [1.54, 1.807) is 30.3 Å². The number of hydrogen-bond acceptors (Lipinski definition) is 4. The van der Waals surface area contributed by atoms with Crippen molar-refractivity contribution in [1.29, 1.82) is 0 Å². The van der Waals surface area contributed by atoms with Crippen LogP contribution >= 0.6 is 0 Å². The lowest BCUT2D eigenvalue weighted by molar-refractivity contribution is -0.143. The average molecular weight is 456 g/mol. The summed E-state index contributed by atoms with van der Waals surface area (Å²) >= 11 is 0. The minimum absolute atomic E-state index is 0.108. The Balaban J connectivity index is 1.31. The van der Waals surface area contributed by atoms with Crippen LogP contribution in [0.5, 0.6) is 0 Å². The van der Waals surface area contributed by atoms with Crippen molar-refractivity contribution in [3.05, 3.63) is 95.6 Å². The summed E-state index contributed by atoms with van der Waals surface area (Å²) in [7, 11) is 0. The fourth-order valence-electron chi connectivity index (χ4n) is 4.53.